The molecule has 0 atom stereocenters. The number of pyridine rings is 2. The minimum absolute atomic E-state index is 0.0351. The third-order valence-electron chi connectivity index (χ3n) is 5.69. The van der Waals surface area contributed by atoms with E-state index in [1.807, 2.05) is 46.3 Å². The number of rotatable bonds is 10. The fraction of sp³-hybridized carbons (Fsp3) is 0.393. The number of carbonyl (C=O) groups excluding carboxylic acids is 1. The Kier molecular flexibility index (Phi) is 9.34. The zero-order valence-electron chi connectivity index (χ0n) is 23.5. The average molecular weight is 576 g/mol. The van der Waals surface area contributed by atoms with Gasteiger partial charge in [-0.3, -0.25) is 4.79 Å². The Labute approximate surface area is 233 Å². The fourth-order valence-electron chi connectivity index (χ4n) is 3.89. The number of nitrogen functional groups attached to an aromatic ring is 1. The number of hydrogen-bond acceptors (Lipinski definition) is 8. The van der Waals surface area contributed by atoms with Crippen molar-refractivity contribution in [3.63, 3.8) is 0 Å². The van der Waals surface area contributed by atoms with E-state index in [-0.39, 0.29) is 40.1 Å². The van der Waals surface area contributed by atoms with Crippen molar-refractivity contribution in [3.8, 4) is 17.0 Å². The molecule has 216 valence electrons. The van der Waals surface area contributed by atoms with Crippen LogP contribution in [0.5, 0.6) is 5.75 Å². The summed E-state index contributed by atoms with van der Waals surface area (Å²) in [5, 5.41) is -0.470. The lowest BCUT2D eigenvalue weighted by Crippen LogP contribution is -2.44. The molecule has 3 rings (SSSR count). The molecular formula is C28H35F2N5O4S. The molecule has 0 bridgehead atoms. The van der Waals surface area contributed by atoms with Gasteiger partial charge < -0.3 is 15.4 Å². The van der Waals surface area contributed by atoms with E-state index in [4.69, 9.17) is 10.5 Å². The molecule has 0 aliphatic heterocycles. The minimum Gasteiger partial charge on any atom is -0.493 e. The van der Waals surface area contributed by atoms with Crippen molar-refractivity contribution in [2.45, 2.75) is 58.5 Å². The van der Waals surface area contributed by atoms with Gasteiger partial charge in [0.25, 0.3) is 15.9 Å². The Balaban J connectivity index is 2.17. The van der Waals surface area contributed by atoms with Gasteiger partial charge in [0.15, 0.2) is 5.03 Å². The van der Waals surface area contributed by atoms with Crippen LogP contribution in [0.1, 0.15) is 58.3 Å². The third-order valence-corrected chi connectivity index (χ3v) is 6.92. The van der Waals surface area contributed by atoms with Crippen molar-refractivity contribution < 1.29 is 26.7 Å². The van der Waals surface area contributed by atoms with Gasteiger partial charge in [0.05, 0.1) is 12.2 Å². The van der Waals surface area contributed by atoms with Crippen LogP contribution in [0.2, 0.25) is 0 Å². The van der Waals surface area contributed by atoms with Crippen molar-refractivity contribution in [3.05, 3.63) is 59.7 Å². The summed E-state index contributed by atoms with van der Waals surface area (Å²) in [4.78, 5) is 23.4. The van der Waals surface area contributed by atoms with E-state index in [0.29, 0.717) is 19.6 Å². The summed E-state index contributed by atoms with van der Waals surface area (Å²) in [6, 6.07) is 8.64. The number of benzene rings is 1. The fourth-order valence-corrected chi connectivity index (χ4v) is 4.83. The number of ether oxygens (including phenoxy) is 1. The number of aromatic nitrogens is 2. The van der Waals surface area contributed by atoms with E-state index in [9.17, 15) is 17.6 Å². The Morgan fingerprint density at radius 1 is 1.12 bits per heavy atom. The molecule has 0 radical (unpaired) electrons. The lowest BCUT2D eigenvalue weighted by molar-refractivity contribution is 0.0981. The molecule has 1 aromatic carbocycles. The number of nitrogens with one attached hydrogen (secondary N) is 1. The number of hydrogen-bond donors (Lipinski definition) is 2. The summed E-state index contributed by atoms with van der Waals surface area (Å²) in [6.07, 6.45) is 0.644. The average Bonchev–Trinajstić information content (AvgIpc) is 2.85. The van der Waals surface area contributed by atoms with Crippen molar-refractivity contribution in [2.24, 2.45) is 5.92 Å². The topological polar surface area (TPSA) is 128 Å². The van der Waals surface area contributed by atoms with Crippen LogP contribution in [0.3, 0.4) is 0 Å². The first-order chi connectivity index (χ1) is 18.6. The molecule has 0 saturated heterocycles. The van der Waals surface area contributed by atoms with Crippen LogP contribution in [-0.2, 0) is 10.0 Å². The molecule has 0 aliphatic carbocycles. The predicted molar refractivity (Wildman–Crippen MR) is 151 cm³/mol. The van der Waals surface area contributed by atoms with Crippen LogP contribution >= 0.6 is 0 Å². The SMILES string of the molecule is CCCN(c1nc(-c2cc(F)cc(OCC(C)C)c2)c(F)cc1C(=O)NS(=O)(=O)c1cccc(N)n1)C(C)(C)C. The van der Waals surface area contributed by atoms with Crippen LogP contribution in [-0.4, -0.2) is 43.0 Å². The maximum absolute atomic E-state index is 15.6. The molecular weight excluding hydrogens is 540 g/mol. The highest BCUT2D eigenvalue weighted by molar-refractivity contribution is 7.90. The van der Waals surface area contributed by atoms with E-state index >= 15 is 4.39 Å². The monoisotopic (exact) mass is 575 g/mol. The number of nitrogens with two attached hydrogens (primary N) is 1. The van der Waals surface area contributed by atoms with Gasteiger partial charge >= 0.3 is 0 Å². The molecule has 0 spiro atoms. The molecule has 3 aromatic rings. The lowest BCUT2D eigenvalue weighted by Gasteiger charge is -2.37. The van der Waals surface area contributed by atoms with Gasteiger partial charge in [0.2, 0.25) is 0 Å². The van der Waals surface area contributed by atoms with E-state index in [0.717, 1.165) is 12.1 Å². The predicted octanol–water partition coefficient (Wildman–Crippen LogP) is 5.17. The highest BCUT2D eigenvalue weighted by Crippen LogP contribution is 2.33. The summed E-state index contributed by atoms with van der Waals surface area (Å²) >= 11 is 0. The smallest absolute Gasteiger partial charge is 0.281 e. The quantitative estimate of drug-likeness (QED) is 0.339. The molecule has 0 fully saturated rings. The van der Waals surface area contributed by atoms with Crippen molar-refractivity contribution in [2.75, 3.05) is 23.8 Å². The van der Waals surface area contributed by atoms with Crippen molar-refractivity contribution in [1.82, 2.24) is 14.7 Å². The largest absolute Gasteiger partial charge is 0.493 e. The first-order valence-corrected chi connectivity index (χ1v) is 14.3. The number of amides is 1. The van der Waals surface area contributed by atoms with Crippen LogP contribution < -0.4 is 20.1 Å². The summed E-state index contributed by atoms with van der Waals surface area (Å²) in [5.41, 5.74) is 4.57. The highest BCUT2D eigenvalue weighted by Gasteiger charge is 2.31. The van der Waals surface area contributed by atoms with Gasteiger partial charge in [0.1, 0.15) is 34.7 Å². The van der Waals surface area contributed by atoms with Crippen LogP contribution in [0.4, 0.5) is 20.4 Å². The highest BCUT2D eigenvalue weighted by atomic mass is 32.2. The Morgan fingerprint density at radius 2 is 1.82 bits per heavy atom. The molecule has 40 heavy (non-hydrogen) atoms. The standard InChI is InChI=1S/C28H35F2N5O4S/c1-7-11-35(28(4,5)6)26-21(27(36)34-40(37,38)24-10-8-9-23(31)32-24)15-22(30)25(33-26)18-12-19(29)14-20(13-18)39-16-17(2)3/h8-10,12-15,17H,7,11,16H2,1-6H3,(H2,31,32)(H,34,36). The Bertz CT molecular complexity index is 1490. The van der Waals surface area contributed by atoms with E-state index in [1.54, 1.807) is 4.90 Å². The van der Waals surface area contributed by atoms with E-state index in [2.05, 4.69) is 9.97 Å². The molecule has 0 saturated carbocycles. The maximum atomic E-state index is 15.6. The van der Waals surface area contributed by atoms with Crippen LogP contribution in [0, 0.1) is 17.6 Å². The molecule has 0 aliphatic rings. The Hall–Kier alpha value is -3.80. The van der Waals surface area contributed by atoms with E-state index < -0.39 is 38.1 Å². The molecule has 3 N–H and O–H groups in total. The second kappa shape index (κ2) is 12.2. The van der Waals surface area contributed by atoms with Crippen LogP contribution in [0.15, 0.2) is 47.5 Å². The minimum atomic E-state index is -4.45. The molecule has 0 unspecified atom stereocenters. The lowest BCUT2D eigenvalue weighted by atomic mass is 10.0. The van der Waals surface area contributed by atoms with Gasteiger partial charge in [-0.2, -0.15) is 8.42 Å². The van der Waals surface area contributed by atoms with Crippen LogP contribution in [0.25, 0.3) is 11.3 Å². The van der Waals surface area contributed by atoms with Gasteiger partial charge in [-0.25, -0.2) is 23.5 Å². The van der Waals surface area contributed by atoms with Gasteiger partial charge in [-0.1, -0.05) is 26.8 Å². The zero-order chi connectivity index (χ0) is 29.8. The van der Waals surface area contributed by atoms with Gasteiger partial charge in [-0.15, -0.1) is 0 Å². The molecule has 2 aromatic heterocycles. The number of halogens is 2. The van der Waals surface area contributed by atoms with E-state index in [1.165, 1.54) is 30.3 Å². The first kappa shape index (κ1) is 30.7. The Morgan fingerprint density at radius 3 is 2.42 bits per heavy atom. The maximum Gasteiger partial charge on any atom is 0.281 e. The summed E-state index contributed by atoms with van der Waals surface area (Å²) in [7, 11) is -4.45. The first-order valence-electron chi connectivity index (χ1n) is 12.8. The molecule has 12 heteroatoms. The van der Waals surface area contributed by atoms with Gasteiger partial charge in [0, 0.05) is 23.7 Å². The molecule has 9 nitrogen and oxygen atoms in total. The second-order valence-electron chi connectivity index (χ2n) is 10.7. The number of sulfonamides is 1. The summed E-state index contributed by atoms with van der Waals surface area (Å²) < 4.78 is 63.5. The normalized spacial score (nSPS) is 11.9. The third kappa shape index (κ3) is 7.44. The number of carbonyl (C=O) groups is 1. The van der Waals surface area contributed by atoms with Crippen molar-refractivity contribution >= 4 is 27.6 Å². The summed E-state index contributed by atoms with van der Waals surface area (Å²) in [6.45, 7) is 12.2. The second-order valence-corrected chi connectivity index (χ2v) is 12.4. The zero-order valence-corrected chi connectivity index (χ0v) is 24.3. The van der Waals surface area contributed by atoms with Crippen molar-refractivity contribution in [1.29, 1.82) is 0 Å². The summed E-state index contributed by atoms with van der Waals surface area (Å²) in [5.74, 6) is -2.34. The molecule has 1 amide bonds. The van der Waals surface area contributed by atoms with Gasteiger partial charge in [-0.05, 0) is 63.4 Å². The number of anilines is 2. The molecule has 2 heterocycles. The number of nitrogens with zero attached hydrogens (tertiary/aromatic N) is 3.